The number of nitrogens with zero attached hydrogens (tertiary/aromatic N) is 1. The molecule has 2 atom stereocenters. The fourth-order valence-corrected chi connectivity index (χ4v) is 2.18. The minimum atomic E-state index is -0.176. The van der Waals surface area contributed by atoms with Gasteiger partial charge in [0, 0.05) is 25.3 Å². The second-order valence-corrected chi connectivity index (χ2v) is 4.29. The molecule has 1 saturated heterocycles. The van der Waals surface area contributed by atoms with Crippen molar-refractivity contribution in [2.75, 3.05) is 25.0 Å². The lowest BCUT2D eigenvalue weighted by atomic mass is 10.0. The van der Waals surface area contributed by atoms with Gasteiger partial charge in [-0.2, -0.15) is 0 Å². The van der Waals surface area contributed by atoms with Gasteiger partial charge < -0.3 is 10.2 Å². The second kappa shape index (κ2) is 4.19. The van der Waals surface area contributed by atoms with Crippen LogP contribution in [-0.4, -0.2) is 26.2 Å². The van der Waals surface area contributed by atoms with Gasteiger partial charge in [-0.05, 0) is 36.7 Å². The first kappa shape index (κ1) is 10.4. The van der Waals surface area contributed by atoms with E-state index in [9.17, 15) is 4.39 Å². The standard InChI is InChI=1S/C12H17FN2/c1-9-7-14-8-12(9)15(2)11-5-3-10(13)4-6-11/h3-6,9,12,14H,7-8H2,1-2H3. The van der Waals surface area contributed by atoms with Gasteiger partial charge in [-0.25, -0.2) is 4.39 Å². The van der Waals surface area contributed by atoms with Crippen LogP contribution < -0.4 is 10.2 Å². The van der Waals surface area contributed by atoms with Crippen LogP contribution in [0, 0.1) is 11.7 Å². The summed E-state index contributed by atoms with van der Waals surface area (Å²) in [7, 11) is 2.07. The molecule has 1 fully saturated rings. The van der Waals surface area contributed by atoms with Gasteiger partial charge in [0.05, 0.1) is 0 Å². The van der Waals surface area contributed by atoms with Gasteiger partial charge in [0.1, 0.15) is 5.82 Å². The summed E-state index contributed by atoms with van der Waals surface area (Å²) in [6.07, 6.45) is 0. The molecule has 1 heterocycles. The summed E-state index contributed by atoms with van der Waals surface area (Å²) < 4.78 is 12.8. The lowest BCUT2D eigenvalue weighted by molar-refractivity contribution is 0.539. The Kier molecular flexibility index (Phi) is 2.91. The number of rotatable bonds is 2. The van der Waals surface area contributed by atoms with Crippen LogP contribution >= 0.6 is 0 Å². The van der Waals surface area contributed by atoms with Gasteiger partial charge in [-0.15, -0.1) is 0 Å². The third-order valence-corrected chi connectivity index (χ3v) is 3.21. The molecule has 1 aromatic rings. The van der Waals surface area contributed by atoms with Crippen LogP contribution in [0.2, 0.25) is 0 Å². The summed E-state index contributed by atoms with van der Waals surface area (Å²) in [6.45, 7) is 4.32. The number of nitrogens with one attached hydrogen (secondary N) is 1. The molecule has 0 aliphatic carbocycles. The number of hydrogen-bond donors (Lipinski definition) is 1. The predicted molar refractivity (Wildman–Crippen MR) is 60.6 cm³/mol. The van der Waals surface area contributed by atoms with Crippen molar-refractivity contribution in [1.82, 2.24) is 5.32 Å². The maximum Gasteiger partial charge on any atom is 0.123 e. The Hall–Kier alpha value is -1.09. The molecule has 0 aromatic heterocycles. The molecule has 1 aliphatic rings. The van der Waals surface area contributed by atoms with Crippen molar-refractivity contribution in [3.63, 3.8) is 0 Å². The monoisotopic (exact) mass is 208 g/mol. The van der Waals surface area contributed by atoms with E-state index in [4.69, 9.17) is 0 Å². The quantitative estimate of drug-likeness (QED) is 0.798. The van der Waals surface area contributed by atoms with Crippen LogP contribution in [0.4, 0.5) is 10.1 Å². The Balaban J connectivity index is 2.13. The molecule has 0 saturated carbocycles. The van der Waals surface area contributed by atoms with Crippen LogP contribution in [0.1, 0.15) is 6.92 Å². The number of likely N-dealkylation sites (N-methyl/N-ethyl adjacent to an activating group) is 1. The zero-order chi connectivity index (χ0) is 10.8. The Morgan fingerprint density at radius 3 is 2.47 bits per heavy atom. The fourth-order valence-electron chi connectivity index (χ4n) is 2.18. The molecule has 1 aliphatic heterocycles. The van der Waals surface area contributed by atoms with Crippen LogP contribution in [0.5, 0.6) is 0 Å². The van der Waals surface area contributed by atoms with E-state index in [0.29, 0.717) is 12.0 Å². The highest BCUT2D eigenvalue weighted by molar-refractivity contribution is 5.47. The highest BCUT2D eigenvalue weighted by Gasteiger charge is 2.26. The van der Waals surface area contributed by atoms with Crippen molar-refractivity contribution in [2.45, 2.75) is 13.0 Å². The number of benzene rings is 1. The minimum absolute atomic E-state index is 0.176. The zero-order valence-corrected chi connectivity index (χ0v) is 9.20. The van der Waals surface area contributed by atoms with E-state index in [1.165, 1.54) is 12.1 Å². The van der Waals surface area contributed by atoms with Crippen LogP contribution in [0.15, 0.2) is 24.3 Å². The summed E-state index contributed by atoms with van der Waals surface area (Å²) in [5, 5.41) is 3.37. The average molecular weight is 208 g/mol. The van der Waals surface area contributed by atoms with E-state index in [2.05, 4.69) is 24.2 Å². The molecule has 2 nitrogen and oxygen atoms in total. The molecule has 0 amide bonds. The molecule has 1 N–H and O–H groups in total. The first-order valence-corrected chi connectivity index (χ1v) is 5.37. The summed E-state index contributed by atoms with van der Waals surface area (Å²) in [5.74, 6) is 0.463. The van der Waals surface area contributed by atoms with Crippen molar-refractivity contribution < 1.29 is 4.39 Å². The van der Waals surface area contributed by atoms with E-state index in [1.807, 2.05) is 12.1 Å². The fraction of sp³-hybridized carbons (Fsp3) is 0.500. The molecule has 1 aromatic carbocycles. The summed E-state index contributed by atoms with van der Waals surface area (Å²) in [5.41, 5.74) is 1.08. The van der Waals surface area contributed by atoms with E-state index in [-0.39, 0.29) is 5.82 Å². The topological polar surface area (TPSA) is 15.3 Å². The van der Waals surface area contributed by atoms with Crippen LogP contribution in [0.3, 0.4) is 0 Å². The number of anilines is 1. The lowest BCUT2D eigenvalue weighted by Crippen LogP contribution is -2.37. The molecule has 2 unspecified atom stereocenters. The van der Waals surface area contributed by atoms with Crippen molar-refractivity contribution in [3.8, 4) is 0 Å². The summed E-state index contributed by atoms with van der Waals surface area (Å²) >= 11 is 0. The number of hydrogen-bond acceptors (Lipinski definition) is 2. The maximum atomic E-state index is 12.8. The summed E-state index contributed by atoms with van der Waals surface area (Å²) in [6, 6.07) is 7.20. The lowest BCUT2D eigenvalue weighted by Gasteiger charge is -2.29. The maximum absolute atomic E-state index is 12.8. The Morgan fingerprint density at radius 1 is 1.27 bits per heavy atom. The van der Waals surface area contributed by atoms with E-state index >= 15 is 0 Å². The van der Waals surface area contributed by atoms with E-state index in [1.54, 1.807) is 0 Å². The smallest absolute Gasteiger partial charge is 0.123 e. The van der Waals surface area contributed by atoms with Gasteiger partial charge in [0.2, 0.25) is 0 Å². The number of halogens is 1. The largest absolute Gasteiger partial charge is 0.370 e. The first-order valence-electron chi connectivity index (χ1n) is 5.37. The Bertz CT molecular complexity index is 323. The van der Waals surface area contributed by atoms with Crippen LogP contribution in [0.25, 0.3) is 0 Å². The summed E-state index contributed by atoms with van der Waals surface area (Å²) in [4.78, 5) is 2.23. The molecule has 2 rings (SSSR count). The molecule has 3 heteroatoms. The van der Waals surface area contributed by atoms with Crippen molar-refractivity contribution in [3.05, 3.63) is 30.1 Å². The Morgan fingerprint density at radius 2 is 1.93 bits per heavy atom. The van der Waals surface area contributed by atoms with Crippen molar-refractivity contribution in [1.29, 1.82) is 0 Å². The minimum Gasteiger partial charge on any atom is -0.370 e. The normalized spacial score (nSPS) is 25.5. The predicted octanol–water partition coefficient (Wildman–Crippen LogP) is 1.87. The van der Waals surface area contributed by atoms with Gasteiger partial charge in [0.15, 0.2) is 0 Å². The molecule has 0 bridgehead atoms. The van der Waals surface area contributed by atoms with Crippen molar-refractivity contribution in [2.24, 2.45) is 5.92 Å². The van der Waals surface area contributed by atoms with Gasteiger partial charge in [0.25, 0.3) is 0 Å². The molecule has 82 valence electrons. The van der Waals surface area contributed by atoms with Crippen LogP contribution in [-0.2, 0) is 0 Å². The highest BCUT2D eigenvalue weighted by atomic mass is 19.1. The van der Waals surface area contributed by atoms with Crippen molar-refractivity contribution >= 4 is 5.69 Å². The first-order chi connectivity index (χ1) is 7.18. The molecule has 0 spiro atoms. The SMILES string of the molecule is CC1CNCC1N(C)c1ccc(F)cc1. The third-order valence-electron chi connectivity index (χ3n) is 3.21. The van der Waals surface area contributed by atoms with Gasteiger partial charge >= 0.3 is 0 Å². The van der Waals surface area contributed by atoms with Gasteiger partial charge in [-0.3, -0.25) is 0 Å². The van der Waals surface area contributed by atoms with E-state index < -0.39 is 0 Å². The molecule has 0 radical (unpaired) electrons. The highest BCUT2D eigenvalue weighted by Crippen LogP contribution is 2.21. The van der Waals surface area contributed by atoms with E-state index in [0.717, 1.165) is 18.8 Å². The second-order valence-electron chi connectivity index (χ2n) is 4.29. The molecular weight excluding hydrogens is 191 g/mol. The molecular formula is C12H17FN2. The average Bonchev–Trinajstić information content (AvgIpc) is 2.65. The molecule has 15 heavy (non-hydrogen) atoms. The Labute approximate surface area is 90.1 Å². The zero-order valence-electron chi connectivity index (χ0n) is 9.20. The van der Waals surface area contributed by atoms with Gasteiger partial charge in [-0.1, -0.05) is 6.92 Å². The third kappa shape index (κ3) is 2.12.